The fourth-order valence-corrected chi connectivity index (χ4v) is 4.29. The molecule has 1 fully saturated rings. The van der Waals surface area contributed by atoms with Crippen molar-refractivity contribution in [3.8, 4) is 0 Å². The number of nitrogens with one attached hydrogen (secondary N) is 1. The van der Waals surface area contributed by atoms with Crippen LogP contribution in [0.3, 0.4) is 0 Å². The molecule has 1 aliphatic heterocycles. The van der Waals surface area contributed by atoms with E-state index in [2.05, 4.69) is 40.3 Å². The third-order valence-corrected chi connectivity index (χ3v) is 5.53. The third kappa shape index (κ3) is 3.66. The van der Waals surface area contributed by atoms with Gasteiger partial charge in [0, 0.05) is 24.2 Å². The maximum atomic E-state index is 6.17. The van der Waals surface area contributed by atoms with E-state index in [1.165, 1.54) is 4.88 Å². The van der Waals surface area contributed by atoms with Crippen LogP contribution in [0.15, 0.2) is 36.5 Å². The maximum Gasteiger partial charge on any atom is 0.170 e. The van der Waals surface area contributed by atoms with Gasteiger partial charge >= 0.3 is 0 Å². The number of pyridine rings is 1. The quantitative estimate of drug-likeness (QED) is 0.820. The summed E-state index contributed by atoms with van der Waals surface area (Å²) in [4.78, 5) is 10.1. The number of likely N-dealkylation sites (N-methyl/N-ethyl adjacent to an activating group) is 1. The molecule has 7 heteroatoms. The Labute approximate surface area is 151 Å². The summed E-state index contributed by atoms with van der Waals surface area (Å²) in [5.41, 5.74) is 0.997. The second-order valence-corrected chi connectivity index (χ2v) is 7.90. The van der Waals surface area contributed by atoms with Crippen LogP contribution in [-0.4, -0.2) is 47.1 Å². The molecule has 4 nitrogen and oxygen atoms in total. The molecule has 1 N–H and O–H groups in total. The molecule has 2 aromatic rings. The van der Waals surface area contributed by atoms with Crippen LogP contribution in [-0.2, 0) is 0 Å². The first-order chi connectivity index (χ1) is 11.1. The number of hydrogen-bond donors (Lipinski definition) is 1. The largest absolute Gasteiger partial charge is 0.352 e. The lowest BCUT2D eigenvalue weighted by atomic mass is 10.0. The number of thiocarbonyl (C=S) groups is 1. The van der Waals surface area contributed by atoms with E-state index in [1.54, 1.807) is 11.3 Å². The van der Waals surface area contributed by atoms with Gasteiger partial charge in [-0.05, 0) is 50.6 Å². The normalized spacial score (nSPS) is 21.0. The molecule has 23 heavy (non-hydrogen) atoms. The summed E-state index contributed by atoms with van der Waals surface area (Å²) in [7, 11) is 4.14. The lowest BCUT2D eigenvalue weighted by molar-refractivity contribution is 0.280. The molecular weight excluding hydrogens is 348 g/mol. The summed E-state index contributed by atoms with van der Waals surface area (Å²) in [6.45, 7) is 1.80. The predicted molar refractivity (Wildman–Crippen MR) is 100 cm³/mol. The SMILES string of the molecule is CN(C)CCN1C(=S)N[C@@H](c2ccccn2)[C@@H]1c1ccc(Cl)s1. The smallest absolute Gasteiger partial charge is 0.170 e. The third-order valence-electron chi connectivity index (χ3n) is 3.87. The predicted octanol–water partition coefficient (Wildman–Crippen LogP) is 3.33. The van der Waals surface area contributed by atoms with Crippen molar-refractivity contribution in [1.82, 2.24) is 20.1 Å². The number of thiophene rings is 1. The first-order valence-corrected chi connectivity index (χ1v) is 9.04. The van der Waals surface area contributed by atoms with Gasteiger partial charge in [-0.1, -0.05) is 17.7 Å². The van der Waals surface area contributed by atoms with Crippen molar-refractivity contribution >= 4 is 40.3 Å². The van der Waals surface area contributed by atoms with Crippen molar-refractivity contribution in [3.05, 3.63) is 51.4 Å². The van der Waals surface area contributed by atoms with E-state index in [-0.39, 0.29) is 12.1 Å². The number of aromatic nitrogens is 1. The lowest BCUT2D eigenvalue weighted by Crippen LogP contribution is -2.35. The molecule has 0 bridgehead atoms. The van der Waals surface area contributed by atoms with Crippen LogP contribution >= 0.6 is 35.2 Å². The Morgan fingerprint density at radius 2 is 2.17 bits per heavy atom. The first-order valence-electron chi connectivity index (χ1n) is 7.44. The highest BCUT2D eigenvalue weighted by atomic mass is 35.5. The maximum absolute atomic E-state index is 6.17. The number of rotatable bonds is 5. The Morgan fingerprint density at radius 1 is 1.35 bits per heavy atom. The van der Waals surface area contributed by atoms with Crippen molar-refractivity contribution in [2.45, 2.75) is 12.1 Å². The minimum absolute atomic E-state index is 0.0422. The molecule has 1 aliphatic rings. The summed E-state index contributed by atoms with van der Waals surface area (Å²) < 4.78 is 0.796. The van der Waals surface area contributed by atoms with E-state index >= 15 is 0 Å². The molecule has 0 spiro atoms. The van der Waals surface area contributed by atoms with Crippen molar-refractivity contribution < 1.29 is 0 Å². The molecule has 0 saturated carbocycles. The molecule has 122 valence electrons. The van der Waals surface area contributed by atoms with Gasteiger partial charge in [-0.2, -0.15) is 0 Å². The van der Waals surface area contributed by atoms with Crippen LogP contribution in [0.5, 0.6) is 0 Å². The number of hydrogen-bond acceptors (Lipinski definition) is 4. The molecule has 0 amide bonds. The molecule has 0 unspecified atom stereocenters. The van der Waals surface area contributed by atoms with Crippen LogP contribution < -0.4 is 5.32 Å². The molecule has 2 atom stereocenters. The standard InChI is InChI=1S/C16H19ClN4S2/c1-20(2)9-10-21-15(12-6-7-13(17)23-12)14(19-16(21)22)11-5-3-4-8-18-11/h3-8,14-15H,9-10H2,1-2H3,(H,19,22)/t14-,15-/m0/s1. The van der Waals surface area contributed by atoms with E-state index in [1.807, 2.05) is 30.5 Å². The van der Waals surface area contributed by atoms with Crippen molar-refractivity contribution in [1.29, 1.82) is 0 Å². The van der Waals surface area contributed by atoms with Gasteiger partial charge in [0.25, 0.3) is 0 Å². The van der Waals surface area contributed by atoms with Crippen molar-refractivity contribution in [2.24, 2.45) is 0 Å². The fraction of sp³-hybridized carbons (Fsp3) is 0.375. The Morgan fingerprint density at radius 3 is 2.78 bits per heavy atom. The van der Waals surface area contributed by atoms with Gasteiger partial charge in [0.1, 0.15) is 0 Å². The van der Waals surface area contributed by atoms with E-state index < -0.39 is 0 Å². The van der Waals surface area contributed by atoms with Gasteiger partial charge in [-0.3, -0.25) is 4.98 Å². The summed E-state index contributed by atoms with van der Waals surface area (Å²) in [5.74, 6) is 0. The van der Waals surface area contributed by atoms with Crippen LogP contribution in [0.4, 0.5) is 0 Å². The summed E-state index contributed by atoms with van der Waals surface area (Å²) >= 11 is 13.4. The molecule has 0 aromatic carbocycles. The van der Waals surface area contributed by atoms with Gasteiger partial charge in [-0.15, -0.1) is 11.3 Å². The average Bonchev–Trinajstić information content (AvgIpc) is 3.09. The molecular formula is C16H19ClN4S2. The Balaban J connectivity index is 1.94. The number of halogens is 1. The van der Waals surface area contributed by atoms with E-state index in [0.29, 0.717) is 0 Å². The van der Waals surface area contributed by atoms with Gasteiger partial charge in [0.15, 0.2) is 5.11 Å². The van der Waals surface area contributed by atoms with Crippen LogP contribution in [0, 0.1) is 0 Å². The second-order valence-electron chi connectivity index (χ2n) is 5.77. The van der Waals surface area contributed by atoms with E-state index in [0.717, 1.165) is 28.2 Å². The first kappa shape index (κ1) is 16.6. The summed E-state index contributed by atoms with van der Waals surface area (Å²) in [6.07, 6.45) is 1.82. The van der Waals surface area contributed by atoms with Crippen LogP contribution in [0.25, 0.3) is 0 Å². The highest BCUT2D eigenvalue weighted by Gasteiger charge is 2.40. The minimum Gasteiger partial charge on any atom is -0.352 e. The Bertz CT molecular complexity index is 674. The number of nitrogens with zero attached hydrogens (tertiary/aromatic N) is 3. The zero-order valence-corrected chi connectivity index (χ0v) is 15.5. The van der Waals surface area contributed by atoms with Crippen molar-refractivity contribution in [3.63, 3.8) is 0 Å². The molecule has 3 heterocycles. The molecule has 1 saturated heterocycles. The zero-order valence-electron chi connectivity index (χ0n) is 13.1. The van der Waals surface area contributed by atoms with Crippen LogP contribution in [0.2, 0.25) is 4.34 Å². The zero-order chi connectivity index (χ0) is 16.4. The molecule has 3 rings (SSSR count). The van der Waals surface area contributed by atoms with Gasteiger partial charge in [0.05, 0.1) is 22.1 Å². The fourth-order valence-electron chi connectivity index (χ4n) is 2.75. The molecule has 0 radical (unpaired) electrons. The average molecular weight is 367 g/mol. The van der Waals surface area contributed by atoms with Gasteiger partial charge < -0.3 is 15.1 Å². The second kappa shape index (κ2) is 7.13. The van der Waals surface area contributed by atoms with Crippen molar-refractivity contribution in [2.75, 3.05) is 27.2 Å². The topological polar surface area (TPSA) is 31.4 Å². The summed E-state index contributed by atoms with van der Waals surface area (Å²) in [5, 5.41) is 4.22. The minimum atomic E-state index is 0.0422. The highest BCUT2D eigenvalue weighted by molar-refractivity contribution is 7.80. The summed E-state index contributed by atoms with van der Waals surface area (Å²) in [6, 6.07) is 10.2. The van der Waals surface area contributed by atoms with Crippen LogP contribution in [0.1, 0.15) is 22.7 Å². The lowest BCUT2D eigenvalue weighted by Gasteiger charge is -2.27. The monoisotopic (exact) mass is 366 g/mol. The van der Waals surface area contributed by atoms with E-state index in [9.17, 15) is 0 Å². The van der Waals surface area contributed by atoms with Gasteiger partial charge in [-0.25, -0.2) is 0 Å². The Kier molecular flexibility index (Phi) is 5.16. The van der Waals surface area contributed by atoms with Gasteiger partial charge in [0.2, 0.25) is 0 Å². The van der Waals surface area contributed by atoms with E-state index in [4.69, 9.17) is 23.8 Å². The molecule has 2 aromatic heterocycles. The molecule has 0 aliphatic carbocycles. The highest BCUT2D eigenvalue weighted by Crippen LogP contribution is 2.41. The Hall–Kier alpha value is -1.21.